The highest BCUT2D eigenvalue weighted by atomic mass is 35.5. The Labute approximate surface area is 119 Å². The van der Waals surface area contributed by atoms with Gasteiger partial charge in [0, 0.05) is 6.04 Å². The molecule has 2 N–H and O–H groups in total. The van der Waals surface area contributed by atoms with Crippen molar-refractivity contribution in [1.29, 1.82) is 0 Å². The Kier molecular flexibility index (Phi) is 6.19. The van der Waals surface area contributed by atoms with Crippen LogP contribution in [0.25, 0.3) is 0 Å². The van der Waals surface area contributed by atoms with Crippen molar-refractivity contribution >= 4 is 22.4 Å². The molecule has 0 atom stereocenters. The molecular formula is C12H18ClFN2O2S. The number of sulfonamides is 1. The summed E-state index contributed by atoms with van der Waals surface area (Å²) in [5.41, 5.74) is 0.595. The van der Waals surface area contributed by atoms with E-state index < -0.39 is 10.0 Å². The molecule has 0 aliphatic carbocycles. The number of nitrogens with one attached hydrogen (secondary N) is 2. The summed E-state index contributed by atoms with van der Waals surface area (Å²) in [5, 5.41) is 3.18. The molecule has 1 aromatic carbocycles. The minimum absolute atomic E-state index is 0. The number of hydrogen-bond donors (Lipinski definition) is 2. The van der Waals surface area contributed by atoms with Gasteiger partial charge in [-0.25, -0.2) is 17.5 Å². The smallest absolute Gasteiger partial charge is 0.216 e. The summed E-state index contributed by atoms with van der Waals surface area (Å²) in [6.07, 6.45) is 1.62. The Balaban J connectivity index is 0.00000180. The van der Waals surface area contributed by atoms with Gasteiger partial charge in [0.15, 0.2) is 0 Å². The lowest BCUT2D eigenvalue weighted by Crippen LogP contribution is -2.43. The van der Waals surface area contributed by atoms with Gasteiger partial charge in [-0.3, -0.25) is 0 Å². The van der Waals surface area contributed by atoms with Gasteiger partial charge in [0.2, 0.25) is 10.0 Å². The predicted octanol–water partition coefficient (Wildman–Crippen LogP) is 1.42. The first-order valence-electron chi connectivity index (χ1n) is 6.00. The number of rotatable bonds is 4. The molecule has 0 saturated carbocycles. The maximum absolute atomic E-state index is 12.7. The Morgan fingerprint density at radius 3 is 2.37 bits per heavy atom. The molecule has 0 aromatic heterocycles. The van der Waals surface area contributed by atoms with E-state index in [1.807, 2.05) is 0 Å². The van der Waals surface area contributed by atoms with E-state index in [-0.39, 0.29) is 30.0 Å². The summed E-state index contributed by atoms with van der Waals surface area (Å²) in [5.74, 6) is -0.459. The third kappa shape index (κ3) is 5.44. The van der Waals surface area contributed by atoms with Gasteiger partial charge in [-0.2, -0.15) is 0 Å². The average molecular weight is 309 g/mol. The molecule has 19 heavy (non-hydrogen) atoms. The summed E-state index contributed by atoms with van der Waals surface area (Å²) in [6.45, 7) is 1.67. The molecule has 1 aliphatic rings. The fraction of sp³-hybridized carbons (Fsp3) is 0.500. The lowest BCUT2D eigenvalue weighted by atomic mass is 10.1. The molecule has 108 valence electrons. The highest BCUT2D eigenvalue weighted by Crippen LogP contribution is 2.09. The van der Waals surface area contributed by atoms with E-state index in [0.29, 0.717) is 5.56 Å². The van der Waals surface area contributed by atoms with E-state index in [1.54, 1.807) is 0 Å². The van der Waals surface area contributed by atoms with Crippen molar-refractivity contribution in [3.8, 4) is 0 Å². The summed E-state index contributed by atoms with van der Waals surface area (Å²) in [6, 6.07) is 5.55. The predicted molar refractivity (Wildman–Crippen MR) is 75.3 cm³/mol. The summed E-state index contributed by atoms with van der Waals surface area (Å²) < 4.78 is 39.3. The zero-order chi connectivity index (χ0) is 13.0. The molecule has 1 saturated heterocycles. The van der Waals surface area contributed by atoms with Crippen LogP contribution in [0.3, 0.4) is 0 Å². The van der Waals surface area contributed by atoms with Crippen molar-refractivity contribution in [3.63, 3.8) is 0 Å². The Hall–Kier alpha value is -0.690. The lowest BCUT2D eigenvalue weighted by molar-refractivity contribution is 0.427. The van der Waals surface area contributed by atoms with Gasteiger partial charge >= 0.3 is 0 Å². The van der Waals surface area contributed by atoms with Crippen LogP contribution in [-0.2, 0) is 15.8 Å². The van der Waals surface area contributed by atoms with Crippen molar-refractivity contribution in [1.82, 2.24) is 10.0 Å². The van der Waals surface area contributed by atoms with Crippen LogP contribution in [0.1, 0.15) is 18.4 Å². The van der Waals surface area contributed by atoms with Crippen LogP contribution in [0.2, 0.25) is 0 Å². The summed E-state index contributed by atoms with van der Waals surface area (Å²) in [7, 11) is -3.35. The minimum Gasteiger partial charge on any atom is -0.317 e. The Morgan fingerprint density at radius 1 is 1.21 bits per heavy atom. The molecule has 4 nitrogen and oxygen atoms in total. The van der Waals surface area contributed by atoms with E-state index in [9.17, 15) is 12.8 Å². The SMILES string of the molecule is Cl.O=S(=O)(Cc1ccc(F)cc1)NC1CCNCC1. The quantitative estimate of drug-likeness (QED) is 0.884. The monoisotopic (exact) mass is 308 g/mol. The zero-order valence-electron chi connectivity index (χ0n) is 10.4. The third-order valence-corrected chi connectivity index (χ3v) is 4.36. The van der Waals surface area contributed by atoms with Crippen LogP contribution in [0, 0.1) is 5.82 Å². The largest absolute Gasteiger partial charge is 0.317 e. The number of piperidine rings is 1. The van der Waals surface area contributed by atoms with Crippen molar-refractivity contribution in [2.24, 2.45) is 0 Å². The molecular weight excluding hydrogens is 291 g/mol. The van der Waals surface area contributed by atoms with E-state index >= 15 is 0 Å². The molecule has 0 unspecified atom stereocenters. The maximum atomic E-state index is 12.7. The third-order valence-electron chi connectivity index (χ3n) is 2.96. The molecule has 0 bridgehead atoms. The topological polar surface area (TPSA) is 58.2 Å². The van der Waals surface area contributed by atoms with Crippen LogP contribution in [-0.4, -0.2) is 27.5 Å². The standard InChI is InChI=1S/C12H17FN2O2S.ClH/c13-11-3-1-10(2-4-11)9-18(16,17)15-12-5-7-14-8-6-12;/h1-4,12,14-15H,5-9H2;1H. The Bertz CT molecular complexity index is 487. The van der Waals surface area contributed by atoms with Crippen LogP contribution >= 0.6 is 12.4 Å². The molecule has 2 rings (SSSR count). The van der Waals surface area contributed by atoms with E-state index in [4.69, 9.17) is 0 Å². The van der Waals surface area contributed by atoms with Crippen LogP contribution in [0.5, 0.6) is 0 Å². The molecule has 1 aromatic rings. The lowest BCUT2D eigenvalue weighted by Gasteiger charge is -2.23. The first-order valence-corrected chi connectivity index (χ1v) is 7.65. The average Bonchev–Trinajstić information content (AvgIpc) is 2.32. The first-order chi connectivity index (χ1) is 8.55. The highest BCUT2D eigenvalue weighted by Gasteiger charge is 2.20. The molecule has 0 amide bonds. The van der Waals surface area contributed by atoms with Crippen molar-refractivity contribution in [2.45, 2.75) is 24.6 Å². The second kappa shape index (κ2) is 7.19. The molecule has 0 spiro atoms. The van der Waals surface area contributed by atoms with E-state index in [2.05, 4.69) is 10.0 Å². The summed E-state index contributed by atoms with van der Waals surface area (Å²) in [4.78, 5) is 0. The van der Waals surface area contributed by atoms with Gasteiger partial charge in [-0.1, -0.05) is 12.1 Å². The normalized spacial score (nSPS) is 16.9. The number of halogens is 2. The van der Waals surface area contributed by atoms with Crippen LogP contribution in [0.4, 0.5) is 4.39 Å². The number of benzene rings is 1. The molecule has 1 fully saturated rings. The highest BCUT2D eigenvalue weighted by molar-refractivity contribution is 7.88. The zero-order valence-corrected chi connectivity index (χ0v) is 12.1. The van der Waals surface area contributed by atoms with Gasteiger partial charge in [-0.15, -0.1) is 12.4 Å². The molecule has 0 radical (unpaired) electrons. The van der Waals surface area contributed by atoms with Gasteiger partial charge in [0.1, 0.15) is 5.82 Å². The molecule has 7 heteroatoms. The fourth-order valence-corrected chi connectivity index (χ4v) is 3.49. The van der Waals surface area contributed by atoms with Gasteiger partial charge in [0.05, 0.1) is 5.75 Å². The van der Waals surface area contributed by atoms with Crippen molar-refractivity contribution in [2.75, 3.05) is 13.1 Å². The van der Waals surface area contributed by atoms with Crippen molar-refractivity contribution < 1.29 is 12.8 Å². The maximum Gasteiger partial charge on any atom is 0.216 e. The van der Waals surface area contributed by atoms with E-state index in [0.717, 1.165) is 25.9 Å². The van der Waals surface area contributed by atoms with Crippen LogP contribution < -0.4 is 10.0 Å². The second-order valence-electron chi connectivity index (χ2n) is 4.53. The van der Waals surface area contributed by atoms with Gasteiger partial charge < -0.3 is 5.32 Å². The fourth-order valence-electron chi connectivity index (χ4n) is 2.04. The van der Waals surface area contributed by atoms with E-state index in [1.165, 1.54) is 24.3 Å². The molecule has 1 heterocycles. The minimum atomic E-state index is -3.35. The second-order valence-corrected chi connectivity index (χ2v) is 6.28. The number of hydrogen-bond acceptors (Lipinski definition) is 3. The van der Waals surface area contributed by atoms with Gasteiger partial charge in [0.25, 0.3) is 0 Å². The van der Waals surface area contributed by atoms with Crippen LogP contribution in [0.15, 0.2) is 24.3 Å². The molecule has 1 aliphatic heterocycles. The summed E-state index contributed by atoms with van der Waals surface area (Å²) >= 11 is 0. The van der Waals surface area contributed by atoms with Crippen molar-refractivity contribution in [3.05, 3.63) is 35.6 Å². The Morgan fingerprint density at radius 2 is 1.79 bits per heavy atom. The first kappa shape index (κ1) is 16.4. The van der Waals surface area contributed by atoms with Gasteiger partial charge in [-0.05, 0) is 43.6 Å².